The lowest BCUT2D eigenvalue weighted by Crippen LogP contribution is -2.42. The highest BCUT2D eigenvalue weighted by Gasteiger charge is 2.19. The molecule has 1 saturated heterocycles. The fraction of sp³-hybridized carbons (Fsp3) is 0.500. The van der Waals surface area contributed by atoms with Crippen molar-refractivity contribution in [1.82, 2.24) is 10.6 Å². The molecule has 1 aliphatic rings. The summed E-state index contributed by atoms with van der Waals surface area (Å²) in [6.45, 7) is 2.06. The number of carbonyl (C=O) groups excluding carboxylic acids is 1. The number of aliphatic hydroxyl groups excluding tert-OH is 1. The fourth-order valence-corrected chi connectivity index (χ4v) is 2.13. The van der Waals surface area contributed by atoms with Gasteiger partial charge in [-0.05, 0) is 5.56 Å². The molecule has 5 nitrogen and oxygen atoms in total. The van der Waals surface area contributed by atoms with Crippen molar-refractivity contribution >= 4 is 5.91 Å². The van der Waals surface area contributed by atoms with Gasteiger partial charge in [-0.3, -0.25) is 4.79 Å². The molecule has 1 amide bonds. The van der Waals surface area contributed by atoms with Crippen LogP contribution in [0.15, 0.2) is 30.3 Å². The minimum atomic E-state index is -0.356. The van der Waals surface area contributed by atoms with Crippen LogP contribution in [0.3, 0.4) is 0 Å². The maximum absolute atomic E-state index is 11.9. The highest BCUT2D eigenvalue weighted by molar-refractivity contribution is 5.77. The normalized spacial score (nSPS) is 20.8. The summed E-state index contributed by atoms with van der Waals surface area (Å²) in [6.07, 6.45) is 0.236. The van der Waals surface area contributed by atoms with Gasteiger partial charge < -0.3 is 20.5 Å². The Hall–Kier alpha value is -1.43. The molecule has 0 radical (unpaired) electrons. The number of amides is 1. The molecule has 2 rings (SSSR count). The number of nitrogens with one attached hydrogen (secondary N) is 2. The quantitative estimate of drug-likeness (QED) is 0.711. The van der Waals surface area contributed by atoms with Gasteiger partial charge in [0.15, 0.2) is 0 Å². The third kappa shape index (κ3) is 4.31. The molecule has 0 aliphatic carbocycles. The molecule has 1 heterocycles. The van der Waals surface area contributed by atoms with Crippen molar-refractivity contribution < 1.29 is 14.6 Å². The molecule has 1 fully saturated rings. The topological polar surface area (TPSA) is 70.6 Å². The largest absolute Gasteiger partial charge is 0.394 e. The number of rotatable bonds is 5. The van der Waals surface area contributed by atoms with Gasteiger partial charge in [-0.2, -0.15) is 0 Å². The van der Waals surface area contributed by atoms with Crippen LogP contribution in [-0.4, -0.2) is 43.4 Å². The number of ether oxygens (including phenoxy) is 1. The number of hydrogen-bond donors (Lipinski definition) is 3. The van der Waals surface area contributed by atoms with Crippen molar-refractivity contribution in [2.45, 2.75) is 18.6 Å². The first-order valence-electron chi connectivity index (χ1n) is 6.57. The van der Waals surface area contributed by atoms with Crippen LogP contribution in [0, 0.1) is 0 Å². The zero-order valence-electron chi connectivity index (χ0n) is 10.8. The van der Waals surface area contributed by atoms with E-state index >= 15 is 0 Å². The van der Waals surface area contributed by atoms with Crippen LogP contribution in [0.5, 0.6) is 0 Å². The Balaban J connectivity index is 1.85. The van der Waals surface area contributed by atoms with E-state index in [0.29, 0.717) is 19.6 Å². The summed E-state index contributed by atoms with van der Waals surface area (Å²) < 4.78 is 5.48. The minimum absolute atomic E-state index is 0.0798. The average Bonchev–Trinajstić information content (AvgIpc) is 2.47. The lowest BCUT2D eigenvalue weighted by Gasteiger charge is -2.24. The van der Waals surface area contributed by atoms with Gasteiger partial charge in [0.25, 0.3) is 0 Å². The van der Waals surface area contributed by atoms with Crippen molar-refractivity contribution in [1.29, 1.82) is 0 Å². The maximum atomic E-state index is 11.9. The Bertz CT molecular complexity index is 391. The van der Waals surface area contributed by atoms with Crippen molar-refractivity contribution in [3.05, 3.63) is 35.9 Å². The van der Waals surface area contributed by atoms with Gasteiger partial charge in [0, 0.05) is 13.1 Å². The zero-order valence-corrected chi connectivity index (χ0v) is 10.8. The molecule has 2 atom stereocenters. The van der Waals surface area contributed by atoms with E-state index < -0.39 is 0 Å². The van der Waals surface area contributed by atoms with Gasteiger partial charge in [0.2, 0.25) is 5.91 Å². The highest BCUT2D eigenvalue weighted by atomic mass is 16.5. The number of morpholine rings is 1. The summed E-state index contributed by atoms with van der Waals surface area (Å²) in [7, 11) is 0. The van der Waals surface area contributed by atoms with Crippen molar-refractivity contribution in [3.63, 3.8) is 0 Å². The van der Waals surface area contributed by atoms with Gasteiger partial charge in [0.1, 0.15) is 0 Å². The lowest BCUT2D eigenvalue weighted by atomic mass is 10.1. The lowest BCUT2D eigenvalue weighted by molar-refractivity contribution is -0.125. The number of carbonyl (C=O) groups is 1. The van der Waals surface area contributed by atoms with E-state index in [1.165, 1.54) is 0 Å². The van der Waals surface area contributed by atoms with E-state index in [-0.39, 0.29) is 24.7 Å². The minimum Gasteiger partial charge on any atom is -0.394 e. The van der Waals surface area contributed by atoms with Crippen molar-refractivity contribution in [2.75, 3.05) is 26.3 Å². The molecule has 1 aromatic rings. The summed E-state index contributed by atoms with van der Waals surface area (Å²) >= 11 is 0. The fourth-order valence-electron chi connectivity index (χ4n) is 2.13. The number of aliphatic hydroxyl groups is 1. The van der Waals surface area contributed by atoms with Crippen LogP contribution in [0.4, 0.5) is 0 Å². The van der Waals surface area contributed by atoms with Crippen LogP contribution < -0.4 is 10.6 Å². The Morgan fingerprint density at radius 3 is 2.89 bits per heavy atom. The van der Waals surface area contributed by atoms with Gasteiger partial charge in [-0.25, -0.2) is 0 Å². The molecule has 0 saturated carbocycles. The summed E-state index contributed by atoms with van der Waals surface area (Å²) in [6, 6.07) is 9.10. The Morgan fingerprint density at radius 1 is 1.47 bits per heavy atom. The zero-order chi connectivity index (χ0) is 13.5. The first-order valence-corrected chi connectivity index (χ1v) is 6.57. The molecule has 5 heteroatoms. The SMILES string of the molecule is O=C(CC1CNCCO1)NC(CO)c1ccccc1. The monoisotopic (exact) mass is 264 g/mol. The Morgan fingerprint density at radius 2 is 2.26 bits per heavy atom. The summed E-state index contributed by atoms with van der Waals surface area (Å²) in [5, 5.41) is 15.4. The van der Waals surface area contributed by atoms with Crippen molar-refractivity contribution in [3.8, 4) is 0 Å². The molecule has 1 aliphatic heterocycles. The second-order valence-electron chi connectivity index (χ2n) is 4.61. The molecule has 0 aromatic heterocycles. The first kappa shape index (κ1) is 14.0. The molecular formula is C14H20N2O3. The second kappa shape index (κ2) is 7.23. The number of benzene rings is 1. The van der Waals surface area contributed by atoms with Crippen LogP contribution >= 0.6 is 0 Å². The molecule has 2 unspecified atom stereocenters. The highest BCUT2D eigenvalue weighted by Crippen LogP contribution is 2.12. The molecule has 0 bridgehead atoms. The van der Waals surface area contributed by atoms with Crippen molar-refractivity contribution in [2.24, 2.45) is 0 Å². The van der Waals surface area contributed by atoms with Gasteiger partial charge in [-0.1, -0.05) is 30.3 Å². The number of hydrogen-bond acceptors (Lipinski definition) is 4. The summed E-state index contributed by atoms with van der Waals surface area (Å²) in [4.78, 5) is 11.9. The molecule has 104 valence electrons. The second-order valence-corrected chi connectivity index (χ2v) is 4.61. The molecule has 0 spiro atoms. The van der Waals surface area contributed by atoms with Gasteiger partial charge in [0.05, 0.1) is 31.8 Å². The Labute approximate surface area is 113 Å². The van der Waals surface area contributed by atoms with E-state index in [1.54, 1.807) is 0 Å². The third-order valence-corrected chi connectivity index (χ3v) is 3.14. The summed E-state index contributed by atoms with van der Waals surface area (Å²) in [5.41, 5.74) is 0.904. The maximum Gasteiger partial charge on any atom is 0.223 e. The molecule has 1 aromatic carbocycles. The van der Waals surface area contributed by atoms with Crippen LogP contribution in [0.25, 0.3) is 0 Å². The molecule has 19 heavy (non-hydrogen) atoms. The predicted octanol–water partition coefficient (Wildman–Crippen LogP) is 0.215. The van der Waals surface area contributed by atoms with Crippen LogP contribution in [0.1, 0.15) is 18.0 Å². The average molecular weight is 264 g/mol. The van der Waals surface area contributed by atoms with Gasteiger partial charge >= 0.3 is 0 Å². The smallest absolute Gasteiger partial charge is 0.223 e. The molecular weight excluding hydrogens is 244 g/mol. The molecule has 3 N–H and O–H groups in total. The van der Waals surface area contributed by atoms with Crippen LogP contribution in [-0.2, 0) is 9.53 Å². The van der Waals surface area contributed by atoms with E-state index in [0.717, 1.165) is 12.1 Å². The third-order valence-electron chi connectivity index (χ3n) is 3.14. The van der Waals surface area contributed by atoms with Gasteiger partial charge in [-0.15, -0.1) is 0 Å². The Kier molecular flexibility index (Phi) is 5.32. The standard InChI is InChI=1S/C14H20N2O3/c17-10-13(11-4-2-1-3-5-11)16-14(18)8-12-9-15-6-7-19-12/h1-5,12-13,15,17H,6-10H2,(H,16,18). The predicted molar refractivity (Wildman–Crippen MR) is 71.6 cm³/mol. The summed E-state index contributed by atoms with van der Waals surface area (Å²) in [5.74, 6) is -0.100. The van der Waals surface area contributed by atoms with E-state index in [9.17, 15) is 9.90 Å². The van der Waals surface area contributed by atoms with E-state index in [4.69, 9.17) is 4.74 Å². The first-order chi connectivity index (χ1) is 9.29. The van der Waals surface area contributed by atoms with E-state index in [2.05, 4.69) is 10.6 Å². The van der Waals surface area contributed by atoms with E-state index in [1.807, 2.05) is 30.3 Å². The van der Waals surface area contributed by atoms with Crippen LogP contribution in [0.2, 0.25) is 0 Å².